The Hall–Kier alpha value is -1.02. The highest BCUT2D eigenvalue weighted by Crippen LogP contribution is 2.70. The first-order valence-corrected chi connectivity index (χ1v) is 23.0. The van der Waals surface area contributed by atoms with Crippen molar-refractivity contribution in [1.82, 2.24) is 0 Å². The van der Waals surface area contributed by atoms with Gasteiger partial charge in [0.25, 0.3) is 0 Å². The molecular formula is C44H74O19. The average molecular weight is 907 g/mol. The lowest BCUT2D eigenvalue weighted by molar-refractivity contribution is -0.392. The lowest BCUT2D eigenvalue weighted by Crippen LogP contribution is -2.61. The minimum absolute atomic E-state index is 0.00162. The molecular weight excluding hydrogens is 832 g/mol. The van der Waals surface area contributed by atoms with Crippen LogP contribution < -0.4 is 0 Å². The number of aliphatic hydroxyl groups excluding tert-OH is 11. The van der Waals surface area contributed by atoms with Gasteiger partial charge < -0.3 is 94.4 Å². The summed E-state index contributed by atoms with van der Waals surface area (Å²) in [5.41, 5.74) is 1.07. The molecule has 25 atom stereocenters. The molecule has 3 saturated heterocycles. The third-order valence-electron chi connectivity index (χ3n) is 16.5. The molecule has 19 nitrogen and oxygen atoms in total. The summed E-state index contributed by atoms with van der Waals surface area (Å²) in [6, 6.07) is 0. The van der Waals surface area contributed by atoms with Gasteiger partial charge in [0, 0.05) is 18.9 Å². The predicted octanol–water partition coefficient (Wildman–Crippen LogP) is -1.31. The van der Waals surface area contributed by atoms with Gasteiger partial charge in [-0.05, 0) is 98.7 Å². The van der Waals surface area contributed by atoms with Gasteiger partial charge in [-0.15, -0.1) is 0 Å². The molecule has 4 aliphatic carbocycles. The summed E-state index contributed by atoms with van der Waals surface area (Å²) in [7, 11) is 0. The van der Waals surface area contributed by atoms with Gasteiger partial charge in [-0.2, -0.15) is 0 Å². The highest BCUT2D eigenvalue weighted by molar-refractivity contribution is 5.26. The molecule has 3 saturated carbocycles. The Balaban J connectivity index is 1.08. The van der Waals surface area contributed by atoms with Gasteiger partial charge in [0.15, 0.2) is 37.2 Å². The standard InChI is InChI=1S/C44H74O19/c1-19(16-45)8-13-44(56)20(2)30-27(63-44)15-26-24-7-6-22-14-23(9-11-42(22,4)25(24)10-12-43(26,30)5)57-41(37(21(3)48)61-40-36(54)33(51)34(52)38(55)62-40)60-29(18-47)59-39-35(53)32(50)31(49)28(17-46)58-39/h6,19-21,23-41,45-56H,7-18H2,1-5H3/t19-,20+,21-,23?,24-,25+,26+,27?,28?,29?,30-,31-,32?,33?,34-,35?,36?,37?,38?,39+,40-,41-,42+,43+,44?/m1/s1. The van der Waals surface area contributed by atoms with E-state index in [-0.39, 0.29) is 41.3 Å². The van der Waals surface area contributed by atoms with E-state index in [4.69, 9.17) is 33.2 Å². The lowest BCUT2D eigenvalue weighted by atomic mass is 9.47. The first kappa shape index (κ1) is 49.9. The SMILES string of the molecule is C[C@@H](CO)CCC1(O)OC2C[C@H]3[C@@H]4CC=C5CC(O[C@H](OC(CO)O[C@@H]6OC(CO)[C@@H](O)C(O)C6O)C(O[C@@H]6OC(O)[C@H](O)C(O)C6O)[C@@H](C)O)CC[C@]5(C)[C@H]4CC[C@]3(C)[C@@H]2[C@@H]1C. The number of ether oxygens (including phenoxy) is 7. The van der Waals surface area contributed by atoms with E-state index in [1.165, 1.54) is 12.5 Å². The summed E-state index contributed by atoms with van der Waals surface area (Å²) in [6.07, 6.45) is -15.7. The molecule has 63 heavy (non-hydrogen) atoms. The third-order valence-corrected chi connectivity index (χ3v) is 16.5. The van der Waals surface area contributed by atoms with E-state index in [1.54, 1.807) is 0 Å². The highest BCUT2D eigenvalue weighted by Gasteiger charge is 2.68. The van der Waals surface area contributed by atoms with Crippen molar-refractivity contribution >= 4 is 0 Å². The second kappa shape index (κ2) is 19.5. The van der Waals surface area contributed by atoms with Gasteiger partial charge >= 0.3 is 0 Å². The summed E-state index contributed by atoms with van der Waals surface area (Å²) >= 11 is 0. The summed E-state index contributed by atoms with van der Waals surface area (Å²) in [5.74, 6) is 0.288. The van der Waals surface area contributed by atoms with Crippen LogP contribution >= 0.6 is 0 Å². The molecule has 0 bridgehead atoms. The van der Waals surface area contributed by atoms with Crippen LogP contribution in [0.5, 0.6) is 0 Å². The Kier molecular flexibility index (Phi) is 15.5. The molecule has 0 aromatic carbocycles. The number of hydrogen-bond acceptors (Lipinski definition) is 19. The van der Waals surface area contributed by atoms with Gasteiger partial charge in [-0.25, -0.2) is 0 Å². The van der Waals surface area contributed by atoms with Gasteiger partial charge in [0.1, 0.15) is 48.8 Å². The Labute approximate surface area is 368 Å². The Morgan fingerprint density at radius 3 is 2.14 bits per heavy atom. The maximum absolute atomic E-state index is 11.7. The smallest absolute Gasteiger partial charge is 0.189 e. The third kappa shape index (κ3) is 9.31. The number of aliphatic hydroxyl groups is 12. The second-order valence-corrected chi connectivity index (χ2v) is 20.3. The number of rotatable bonds is 16. The summed E-state index contributed by atoms with van der Waals surface area (Å²) in [5, 5.41) is 125. The molecule has 3 aliphatic heterocycles. The number of allylic oxidation sites excluding steroid dienone is 1. The van der Waals surface area contributed by atoms with Gasteiger partial charge in [0.05, 0.1) is 31.5 Å². The topological polar surface area (TPSA) is 307 Å². The van der Waals surface area contributed by atoms with Crippen molar-refractivity contribution in [1.29, 1.82) is 0 Å². The van der Waals surface area contributed by atoms with Crippen molar-refractivity contribution < 1.29 is 94.4 Å². The van der Waals surface area contributed by atoms with Crippen molar-refractivity contribution in [2.24, 2.45) is 46.3 Å². The van der Waals surface area contributed by atoms with Crippen LogP contribution in [0, 0.1) is 46.3 Å². The van der Waals surface area contributed by atoms with Crippen LogP contribution in [-0.4, -0.2) is 185 Å². The van der Waals surface area contributed by atoms with Gasteiger partial charge in [0.2, 0.25) is 0 Å². The molecule has 12 N–H and O–H groups in total. The minimum atomic E-state index is -1.96. The Bertz CT molecular complexity index is 1550. The fourth-order valence-electron chi connectivity index (χ4n) is 12.7. The number of hydrogen-bond donors (Lipinski definition) is 12. The van der Waals surface area contributed by atoms with Crippen molar-refractivity contribution in [3.8, 4) is 0 Å². The fourth-order valence-corrected chi connectivity index (χ4v) is 12.7. The molecule has 3 heterocycles. The van der Waals surface area contributed by atoms with Crippen LogP contribution in [0.4, 0.5) is 0 Å². The van der Waals surface area contributed by atoms with Crippen molar-refractivity contribution in [3.63, 3.8) is 0 Å². The van der Waals surface area contributed by atoms with Crippen molar-refractivity contribution in [3.05, 3.63) is 11.6 Å². The van der Waals surface area contributed by atoms with Gasteiger partial charge in [-0.1, -0.05) is 39.3 Å². The van der Waals surface area contributed by atoms with E-state index >= 15 is 0 Å². The summed E-state index contributed by atoms with van der Waals surface area (Å²) < 4.78 is 41.6. The summed E-state index contributed by atoms with van der Waals surface area (Å²) in [4.78, 5) is 0. The molecule has 0 spiro atoms. The van der Waals surface area contributed by atoms with E-state index in [9.17, 15) is 61.3 Å². The zero-order valence-electron chi connectivity index (χ0n) is 37.0. The monoisotopic (exact) mass is 906 g/mol. The molecule has 0 radical (unpaired) electrons. The first-order valence-electron chi connectivity index (χ1n) is 23.0. The average Bonchev–Trinajstić information content (AvgIpc) is 3.69. The molecule has 6 fully saturated rings. The van der Waals surface area contributed by atoms with Crippen LogP contribution in [0.25, 0.3) is 0 Å². The number of fused-ring (bicyclic) bond motifs is 7. The zero-order chi connectivity index (χ0) is 45.9. The van der Waals surface area contributed by atoms with Crippen molar-refractivity contribution in [2.75, 3.05) is 19.8 Å². The predicted molar refractivity (Wildman–Crippen MR) is 216 cm³/mol. The second-order valence-electron chi connectivity index (χ2n) is 20.3. The van der Waals surface area contributed by atoms with Crippen molar-refractivity contribution in [2.45, 2.75) is 197 Å². The van der Waals surface area contributed by atoms with E-state index < -0.39 is 111 Å². The van der Waals surface area contributed by atoms with Crippen LogP contribution in [0.15, 0.2) is 11.6 Å². The molecule has 0 amide bonds. The first-order chi connectivity index (χ1) is 29.7. The van der Waals surface area contributed by atoms with E-state index in [1.807, 2.05) is 6.92 Å². The van der Waals surface area contributed by atoms with E-state index in [0.717, 1.165) is 32.1 Å². The van der Waals surface area contributed by atoms with Crippen LogP contribution in [-0.2, 0) is 33.2 Å². The molecule has 7 aliphatic rings. The van der Waals surface area contributed by atoms with E-state index in [0.29, 0.717) is 43.4 Å². The zero-order valence-corrected chi connectivity index (χ0v) is 37.0. The summed E-state index contributed by atoms with van der Waals surface area (Å²) in [6.45, 7) is 8.60. The normalized spacial score (nSPS) is 49.7. The minimum Gasteiger partial charge on any atom is -0.396 e. The largest absolute Gasteiger partial charge is 0.396 e. The van der Waals surface area contributed by atoms with Crippen LogP contribution in [0.3, 0.4) is 0 Å². The highest BCUT2D eigenvalue weighted by atomic mass is 16.8. The Morgan fingerprint density at radius 2 is 1.49 bits per heavy atom. The van der Waals surface area contributed by atoms with E-state index in [2.05, 4.69) is 26.8 Å². The molecule has 7 rings (SSSR count). The van der Waals surface area contributed by atoms with Crippen LogP contribution in [0.1, 0.15) is 92.4 Å². The fraction of sp³-hybridized carbons (Fsp3) is 0.955. The Morgan fingerprint density at radius 1 is 0.810 bits per heavy atom. The molecule has 0 aromatic rings. The molecule has 364 valence electrons. The lowest BCUT2D eigenvalue weighted by Gasteiger charge is -2.58. The molecule has 11 unspecified atom stereocenters. The van der Waals surface area contributed by atoms with Gasteiger partial charge in [-0.3, -0.25) is 0 Å². The molecule has 19 heteroatoms. The van der Waals surface area contributed by atoms with Crippen LogP contribution in [0.2, 0.25) is 0 Å². The maximum atomic E-state index is 11.7. The molecule has 0 aromatic heterocycles. The quantitative estimate of drug-likeness (QED) is 0.0632. The maximum Gasteiger partial charge on any atom is 0.189 e.